The maximum absolute atomic E-state index is 11.4. The first-order chi connectivity index (χ1) is 8.07. The molecule has 0 fully saturated rings. The van der Waals surface area contributed by atoms with Gasteiger partial charge in [-0.2, -0.15) is 0 Å². The molecule has 0 aliphatic heterocycles. The summed E-state index contributed by atoms with van der Waals surface area (Å²) in [6.45, 7) is 1.87. The van der Waals surface area contributed by atoms with Crippen molar-refractivity contribution in [3.63, 3.8) is 0 Å². The van der Waals surface area contributed by atoms with Crippen molar-refractivity contribution >= 4 is 19.7 Å². The van der Waals surface area contributed by atoms with Gasteiger partial charge in [-0.1, -0.05) is 18.2 Å². The van der Waals surface area contributed by atoms with Crippen molar-refractivity contribution in [2.45, 2.75) is 6.55 Å². The molecule has 0 saturated heterocycles. The second kappa shape index (κ2) is 5.60. The molecule has 1 aromatic rings. The van der Waals surface area contributed by atoms with E-state index in [1.807, 2.05) is 12.6 Å². The maximum Gasteiger partial charge on any atom is 0.368 e. The van der Waals surface area contributed by atoms with Crippen molar-refractivity contribution in [2.75, 3.05) is 14.2 Å². The minimum absolute atomic E-state index is 0.327. The number of nitrogens with zero attached hydrogens (tertiary/aromatic N) is 3. The molecule has 0 spiro atoms. The van der Waals surface area contributed by atoms with Crippen molar-refractivity contribution in [3.8, 4) is 0 Å². The molecule has 0 N–H and O–H groups in total. The average molecular weight is 251 g/mol. The van der Waals surface area contributed by atoms with Gasteiger partial charge in [-0.3, -0.25) is 4.79 Å². The molecule has 0 aliphatic carbocycles. The van der Waals surface area contributed by atoms with Gasteiger partial charge in [0.25, 0.3) is 0 Å². The minimum Gasteiger partial charge on any atom is -0.394 e. The predicted octanol–water partition coefficient (Wildman–Crippen LogP) is 1.71. The number of rotatable bonds is 4. The quantitative estimate of drug-likeness (QED) is 0.353. The monoisotopic (exact) mass is 251 g/mol. The van der Waals surface area contributed by atoms with Gasteiger partial charge in [-0.05, 0) is 28.4 Å². The van der Waals surface area contributed by atoms with Crippen molar-refractivity contribution in [2.24, 2.45) is 5.11 Å². The SMILES string of the molecule is CO[Si](C)(OC)c1cccc(C(=O)N=[N+]=[N-])c1. The molecule has 1 amide bonds. The Morgan fingerprint density at radius 1 is 1.41 bits per heavy atom. The van der Waals surface area contributed by atoms with Crippen LogP contribution in [-0.4, -0.2) is 28.7 Å². The van der Waals surface area contributed by atoms with Gasteiger partial charge in [0.15, 0.2) is 0 Å². The highest BCUT2D eigenvalue weighted by Gasteiger charge is 2.31. The molecular weight excluding hydrogens is 238 g/mol. The number of amides is 1. The fraction of sp³-hybridized carbons (Fsp3) is 0.300. The molecule has 0 bridgehead atoms. The van der Waals surface area contributed by atoms with Crippen molar-refractivity contribution in [1.29, 1.82) is 0 Å². The second-order valence-corrected chi connectivity index (χ2v) is 6.71. The molecule has 0 saturated carbocycles. The zero-order valence-electron chi connectivity index (χ0n) is 9.88. The molecule has 0 heterocycles. The average Bonchev–Trinajstić information content (AvgIpc) is 2.38. The Morgan fingerprint density at radius 2 is 2.06 bits per heavy atom. The molecule has 90 valence electrons. The lowest BCUT2D eigenvalue weighted by molar-refractivity contribution is 0.100. The fourth-order valence-corrected chi connectivity index (χ4v) is 2.81. The summed E-state index contributed by atoms with van der Waals surface area (Å²) in [4.78, 5) is 13.9. The number of hydrogen-bond acceptors (Lipinski definition) is 3. The van der Waals surface area contributed by atoms with Crippen molar-refractivity contribution in [1.82, 2.24) is 0 Å². The summed E-state index contributed by atoms with van der Waals surface area (Å²) < 4.78 is 10.7. The standard InChI is InChI=1S/C10H13N3O3Si/c1-15-17(3,16-2)9-6-4-5-8(7-9)10(14)12-13-11/h4-7H,1-3H3. The van der Waals surface area contributed by atoms with Crippen LogP contribution >= 0.6 is 0 Å². The summed E-state index contributed by atoms with van der Waals surface area (Å²) in [6.07, 6.45) is 0. The highest BCUT2D eigenvalue weighted by atomic mass is 28.4. The third-order valence-electron chi connectivity index (χ3n) is 2.55. The van der Waals surface area contributed by atoms with Crippen LogP contribution in [0.15, 0.2) is 29.4 Å². The van der Waals surface area contributed by atoms with Gasteiger partial charge >= 0.3 is 8.56 Å². The summed E-state index contributed by atoms with van der Waals surface area (Å²) >= 11 is 0. The molecule has 0 aromatic heterocycles. The lowest BCUT2D eigenvalue weighted by Crippen LogP contribution is -2.49. The van der Waals surface area contributed by atoms with Gasteiger partial charge in [-0.15, -0.1) is 0 Å². The Morgan fingerprint density at radius 3 is 2.59 bits per heavy atom. The molecule has 0 radical (unpaired) electrons. The van der Waals surface area contributed by atoms with Gasteiger partial charge in [0.05, 0.1) is 0 Å². The zero-order chi connectivity index (χ0) is 12.9. The molecule has 1 aromatic carbocycles. The summed E-state index contributed by atoms with van der Waals surface area (Å²) in [7, 11) is 0.674. The first-order valence-corrected chi connectivity index (χ1v) is 7.19. The van der Waals surface area contributed by atoms with E-state index in [1.54, 1.807) is 32.4 Å². The Bertz CT molecular complexity index is 468. The van der Waals surface area contributed by atoms with Crippen molar-refractivity contribution < 1.29 is 13.6 Å². The highest BCUT2D eigenvalue weighted by Crippen LogP contribution is 2.08. The lowest BCUT2D eigenvalue weighted by atomic mass is 10.2. The van der Waals surface area contributed by atoms with Gasteiger partial charge in [0.2, 0.25) is 5.91 Å². The Balaban J connectivity index is 3.17. The Hall–Kier alpha value is -1.66. The summed E-state index contributed by atoms with van der Waals surface area (Å²) in [5.41, 5.74) is 8.54. The number of azide groups is 1. The van der Waals surface area contributed by atoms with Crippen LogP contribution in [0.3, 0.4) is 0 Å². The van der Waals surface area contributed by atoms with Gasteiger partial charge < -0.3 is 8.85 Å². The van der Waals surface area contributed by atoms with Crippen LogP contribution in [-0.2, 0) is 8.85 Å². The molecule has 17 heavy (non-hydrogen) atoms. The number of carbonyl (C=O) groups excluding carboxylic acids is 1. The third-order valence-corrected chi connectivity index (χ3v) is 5.47. The largest absolute Gasteiger partial charge is 0.394 e. The number of benzene rings is 1. The second-order valence-electron chi connectivity index (χ2n) is 3.43. The van der Waals surface area contributed by atoms with Crippen LogP contribution in [0.2, 0.25) is 6.55 Å². The Labute approximate surface area is 100 Å². The first kappa shape index (κ1) is 13.4. The molecule has 7 heteroatoms. The van der Waals surface area contributed by atoms with E-state index in [2.05, 4.69) is 10.0 Å². The molecule has 0 unspecified atom stereocenters. The van der Waals surface area contributed by atoms with Gasteiger partial charge in [0.1, 0.15) is 0 Å². The van der Waals surface area contributed by atoms with Gasteiger partial charge in [0, 0.05) is 24.7 Å². The van der Waals surface area contributed by atoms with E-state index in [4.69, 9.17) is 14.4 Å². The van der Waals surface area contributed by atoms with E-state index in [0.717, 1.165) is 5.19 Å². The predicted molar refractivity (Wildman–Crippen MR) is 65.2 cm³/mol. The molecular formula is C10H13N3O3Si. The first-order valence-electron chi connectivity index (χ1n) is 4.87. The van der Waals surface area contributed by atoms with E-state index >= 15 is 0 Å². The summed E-state index contributed by atoms with van der Waals surface area (Å²) in [6, 6.07) is 6.75. The molecule has 1 rings (SSSR count). The van der Waals surface area contributed by atoms with Crippen LogP contribution < -0.4 is 5.19 Å². The van der Waals surface area contributed by atoms with Crippen molar-refractivity contribution in [3.05, 3.63) is 40.3 Å². The van der Waals surface area contributed by atoms with E-state index in [0.29, 0.717) is 5.56 Å². The van der Waals surface area contributed by atoms with Crippen LogP contribution in [0.5, 0.6) is 0 Å². The highest BCUT2D eigenvalue weighted by molar-refractivity contribution is 6.79. The maximum atomic E-state index is 11.4. The van der Waals surface area contributed by atoms with Gasteiger partial charge in [-0.25, -0.2) is 0 Å². The van der Waals surface area contributed by atoms with Crippen LogP contribution in [0.1, 0.15) is 10.4 Å². The lowest BCUT2D eigenvalue weighted by Gasteiger charge is -2.23. The van der Waals surface area contributed by atoms with Crippen LogP contribution in [0.4, 0.5) is 0 Å². The fourth-order valence-electron chi connectivity index (χ4n) is 1.35. The van der Waals surface area contributed by atoms with Crippen LogP contribution in [0.25, 0.3) is 10.4 Å². The molecule has 0 atom stereocenters. The normalized spacial score (nSPS) is 10.8. The van der Waals surface area contributed by atoms with E-state index in [9.17, 15) is 4.79 Å². The summed E-state index contributed by atoms with van der Waals surface area (Å²) in [5.74, 6) is -0.613. The topological polar surface area (TPSA) is 84.3 Å². The Kier molecular flexibility index (Phi) is 4.42. The number of hydrogen-bond donors (Lipinski definition) is 0. The van der Waals surface area contributed by atoms with E-state index in [-0.39, 0.29) is 0 Å². The van der Waals surface area contributed by atoms with E-state index < -0.39 is 14.5 Å². The molecule has 6 nitrogen and oxygen atoms in total. The smallest absolute Gasteiger partial charge is 0.368 e. The van der Waals surface area contributed by atoms with E-state index in [1.165, 1.54) is 0 Å². The molecule has 0 aliphatic rings. The van der Waals surface area contributed by atoms with Crippen LogP contribution in [0, 0.1) is 0 Å². The minimum atomic E-state index is -2.46. The third kappa shape index (κ3) is 2.92. The number of carbonyl (C=O) groups is 1. The zero-order valence-corrected chi connectivity index (χ0v) is 10.9. The summed E-state index contributed by atoms with van der Waals surface area (Å²) in [5, 5.41) is 3.85.